The molecular formula is C24H29N5O3S. The van der Waals surface area contributed by atoms with E-state index in [0.29, 0.717) is 23.0 Å². The quantitative estimate of drug-likeness (QED) is 0.423. The fourth-order valence-corrected chi connectivity index (χ4v) is 5.40. The molecule has 2 aromatic heterocycles. The van der Waals surface area contributed by atoms with Crippen molar-refractivity contribution >= 4 is 34.4 Å². The van der Waals surface area contributed by atoms with E-state index in [1.807, 2.05) is 50.8 Å². The monoisotopic (exact) mass is 467 g/mol. The van der Waals surface area contributed by atoms with Crippen molar-refractivity contribution in [2.45, 2.75) is 63.9 Å². The molecule has 33 heavy (non-hydrogen) atoms. The summed E-state index contributed by atoms with van der Waals surface area (Å²) in [5.41, 5.74) is 1.57. The van der Waals surface area contributed by atoms with Gasteiger partial charge in [0.1, 0.15) is 16.2 Å². The molecule has 2 atom stereocenters. The maximum absolute atomic E-state index is 13.5. The highest BCUT2D eigenvalue weighted by Crippen LogP contribution is 2.35. The molecule has 3 heterocycles. The van der Waals surface area contributed by atoms with Gasteiger partial charge in [-0.1, -0.05) is 43.8 Å². The van der Waals surface area contributed by atoms with Gasteiger partial charge in [-0.2, -0.15) is 0 Å². The lowest BCUT2D eigenvalue weighted by Gasteiger charge is -2.26. The summed E-state index contributed by atoms with van der Waals surface area (Å²) in [6.45, 7) is 10.0. The average Bonchev–Trinajstić information content (AvgIpc) is 3.09. The maximum atomic E-state index is 13.5. The number of carbonyl (C=O) groups excluding carboxylic acids is 1. The number of aryl methyl sites for hydroxylation is 1. The molecule has 4 rings (SSSR count). The third-order valence-corrected chi connectivity index (χ3v) is 6.96. The van der Waals surface area contributed by atoms with Gasteiger partial charge >= 0.3 is 5.69 Å². The van der Waals surface area contributed by atoms with Gasteiger partial charge < -0.3 is 4.90 Å². The number of carbonyl (C=O) groups is 1. The highest BCUT2D eigenvalue weighted by molar-refractivity contribution is 8.00. The van der Waals surface area contributed by atoms with Crippen LogP contribution in [0.1, 0.15) is 39.1 Å². The van der Waals surface area contributed by atoms with Crippen LogP contribution in [-0.4, -0.2) is 36.3 Å². The largest absolute Gasteiger partial charge is 0.332 e. The number of anilines is 1. The summed E-state index contributed by atoms with van der Waals surface area (Å²) in [5.74, 6) is 0.607. The van der Waals surface area contributed by atoms with Crippen molar-refractivity contribution in [1.29, 1.82) is 0 Å². The molecule has 2 unspecified atom stereocenters. The minimum atomic E-state index is -0.480. The van der Waals surface area contributed by atoms with Crippen LogP contribution in [0, 0.1) is 12.8 Å². The van der Waals surface area contributed by atoms with Gasteiger partial charge in [-0.25, -0.2) is 14.8 Å². The second kappa shape index (κ2) is 8.78. The van der Waals surface area contributed by atoms with Gasteiger partial charge in [0, 0.05) is 25.3 Å². The summed E-state index contributed by atoms with van der Waals surface area (Å²) in [6.07, 6.45) is 0.816. The average molecular weight is 468 g/mol. The second-order valence-corrected chi connectivity index (χ2v) is 10.4. The Morgan fingerprint density at radius 2 is 1.88 bits per heavy atom. The highest BCUT2D eigenvalue weighted by atomic mass is 32.2. The first-order valence-electron chi connectivity index (χ1n) is 11.2. The van der Waals surface area contributed by atoms with Crippen molar-refractivity contribution in [2.24, 2.45) is 13.0 Å². The van der Waals surface area contributed by atoms with E-state index in [2.05, 4.69) is 16.0 Å². The maximum Gasteiger partial charge on any atom is 0.332 e. The lowest BCUT2D eigenvalue weighted by molar-refractivity contribution is -0.118. The van der Waals surface area contributed by atoms with Crippen LogP contribution in [0.5, 0.6) is 0 Å². The van der Waals surface area contributed by atoms with Gasteiger partial charge in [0.05, 0.1) is 5.25 Å². The number of hydrogen-bond acceptors (Lipinski definition) is 6. The molecule has 0 N–H and O–H groups in total. The number of aromatic nitrogens is 4. The predicted molar refractivity (Wildman–Crippen MR) is 131 cm³/mol. The first-order chi connectivity index (χ1) is 15.6. The van der Waals surface area contributed by atoms with Crippen molar-refractivity contribution in [2.75, 3.05) is 4.90 Å². The number of benzene rings is 1. The molecule has 0 saturated carbocycles. The first-order valence-corrected chi connectivity index (χ1v) is 12.0. The van der Waals surface area contributed by atoms with Gasteiger partial charge in [0.15, 0.2) is 5.65 Å². The fourth-order valence-electron chi connectivity index (χ4n) is 4.37. The van der Waals surface area contributed by atoms with E-state index >= 15 is 0 Å². The van der Waals surface area contributed by atoms with Gasteiger partial charge in [-0.05, 0) is 44.7 Å². The lowest BCUT2D eigenvalue weighted by atomic mass is 10.1. The van der Waals surface area contributed by atoms with Crippen LogP contribution in [0.15, 0.2) is 38.9 Å². The number of hydrogen-bond donors (Lipinski definition) is 0. The summed E-state index contributed by atoms with van der Waals surface area (Å²) in [7, 11) is 1.46. The molecule has 174 valence electrons. The lowest BCUT2D eigenvalue weighted by Crippen LogP contribution is -2.41. The molecule has 1 aromatic carbocycles. The van der Waals surface area contributed by atoms with Crippen molar-refractivity contribution in [3.05, 3.63) is 56.5 Å². The molecule has 1 aliphatic heterocycles. The van der Waals surface area contributed by atoms with Crippen LogP contribution in [0.2, 0.25) is 0 Å². The van der Waals surface area contributed by atoms with E-state index in [1.54, 1.807) is 6.92 Å². The Kier molecular flexibility index (Phi) is 6.18. The van der Waals surface area contributed by atoms with E-state index in [0.717, 1.165) is 22.2 Å². The number of amides is 1. The molecule has 0 spiro atoms. The van der Waals surface area contributed by atoms with Gasteiger partial charge in [0.25, 0.3) is 5.56 Å². The third-order valence-electron chi connectivity index (χ3n) is 5.89. The van der Waals surface area contributed by atoms with Crippen LogP contribution in [-0.2, 0) is 24.8 Å². The Bertz CT molecular complexity index is 1360. The highest BCUT2D eigenvalue weighted by Gasteiger charge is 2.34. The van der Waals surface area contributed by atoms with Crippen molar-refractivity contribution in [3.8, 4) is 0 Å². The van der Waals surface area contributed by atoms with Crippen molar-refractivity contribution in [3.63, 3.8) is 0 Å². The Morgan fingerprint density at radius 3 is 2.58 bits per heavy atom. The van der Waals surface area contributed by atoms with Crippen LogP contribution < -0.4 is 16.1 Å². The zero-order chi connectivity index (χ0) is 24.0. The second-order valence-electron chi connectivity index (χ2n) is 9.08. The molecule has 9 heteroatoms. The van der Waals surface area contributed by atoms with Gasteiger partial charge in [-0.3, -0.25) is 18.7 Å². The smallest absolute Gasteiger partial charge is 0.308 e. The number of fused-ring (bicyclic) bond motifs is 2. The molecule has 0 radical (unpaired) electrons. The summed E-state index contributed by atoms with van der Waals surface area (Å²) >= 11 is 1.24. The fraction of sp³-hybridized carbons (Fsp3) is 0.458. The van der Waals surface area contributed by atoms with E-state index in [-0.39, 0.29) is 23.3 Å². The van der Waals surface area contributed by atoms with E-state index < -0.39 is 16.5 Å². The number of rotatable bonds is 5. The summed E-state index contributed by atoms with van der Waals surface area (Å²) < 4.78 is 2.63. The number of nitrogens with zero attached hydrogens (tertiary/aromatic N) is 5. The molecule has 0 aliphatic carbocycles. The topological polar surface area (TPSA) is 90.1 Å². The predicted octanol–water partition coefficient (Wildman–Crippen LogP) is 2.91. The SMILES string of the molecule is Cc1nc(SC(C)C(=O)N2c3ccccc3CC2C)c2c(=O)n(C)c(=O)n(CC(C)C)c2n1. The van der Waals surface area contributed by atoms with Gasteiger partial charge in [-0.15, -0.1) is 0 Å². The van der Waals surface area contributed by atoms with Crippen LogP contribution >= 0.6 is 11.8 Å². The molecule has 1 aliphatic rings. The van der Waals surface area contributed by atoms with E-state index in [4.69, 9.17) is 0 Å². The van der Waals surface area contributed by atoms with Crippen molar-refractivity contribution < 1.29 is 4.79 Å². The molecule has 0 fully saturated rings. The summed E-state index contributed by atoms with van der Waals surface area (Å²) in [6, 6.07) is 8.01. The Labute approximate surface area is 196 Å². The molecule has 1 amide bonds. The summed E-state index contributed by atoms with van der Waals surface area (Å²) in [4.78, 5) is 50.2. The minimum Gasteiger partial charge on any atom is -0.308 e. The number of para-hydroxylation sites is 1. The minimum absolute atomic E-state index is 0.0332. The van der Waals surface area contributed by atoms with E-state index in [9.17, 15) is 14.4 Å². The standard InChI is InChI=1S/C24H29N5O3S/c1-13(2)12-28-20-19(23(31)27(6)24(28)32)21(26-16(5)25-20)33-15(4)22(30)29-14(3)11-17-9-7-8-10-18(17)29/h7-10,13-15H,11-12H2,1-6H3. The zero-order valence-electron chi connectivity index (χ0n) is 19.8. The first kappa shape index (κ1) is 23.2. The third kappa shape index (κ3) is 4.10. The summed E-state index contributed by atoms with van der Waals surface area (Å²) in [5, 5.41) is 0.228. The molecular weight excluding hydrogens is 438 g/mol. The zero-order valence-corrected chi connectivity index (χ0v) is 20.6. The van der Waals surface area contributed by atoms with Crippen LogP contribution in [0.3, 0.4) is 0 Å². The number of thioether (sulfide) groups is 1. The normalized spacial score (nSPS) is 16.5. The van der Waals surface area contributed by atoms with Gasteiger partial charge in [0.2, 0.25) is 5.91 Å². The Morgan fingerprint density at radius 1 is 1.18 bits per heavy atom. The Hall–Kier alpha value is -2.94. The van der Waals surface area contributed by atoms with Crippen LogP contribution in [0.25, 0.3) is 11.0 Å². The van der Waals surface area contributed by atoms with E-state index in [1.165, 1.54) is 23.4 Å². The Balaban J connectivity index is 1.78. The molecule has 0 saturated heterocycles. The van der Waals surface area contributed by atoms with Crippen molar-refractivity contribution in [1.82, 2.24) is 19.1 Å². The molecule has 3 aromatic rings. The van der Waals surface area contributed by atoms with Crippen LogP contribution in [0.4, 0.5) is 5.69 Å². The molecule has 0 bridgehead atoms. The molecule has 8 nitrogen and oxygen atoms in total.